The largest absolute Gasteiger partial charge is 0.469 e. The van der Waals surface area contributed by atoms with Gasteiger partial charge in [0, 0.05) is 32.1 Å². The molecule has 0 radical (unpaired) electrons. The molecule has 0 fully saturated rings. The maximum atomic E-state index is 14.1. The van der Waals surface area contributed by atoms with Crippen molar-refractivity contribution in [1.29, 1.82) is 0 Å². The first-order valence-corrected chi connectivity index (χ1v) is 9.99. The number of carbonyl (C=O) groups is 2. The smallest absolute Gasteiger partial charge is 0.310 e. The Morgan fingerprint density at radius 3 is 2.55 bits per heavy atom. The molecular formula is C23H30FN3O4. The number of nitrogens with one attached hydrogen (secondary N) is 1. The van der Waals surface area contributed by atoms with E-state index in [9.17, 15) is 14.0 Å². The van der Waals surface area contributed by atoms with Crippen LogP contribution < -0.4 is 5.32 Å². The zero-order valence-electron chi connectivity index (χ0n) is 18.7. The summed E-state index contributed by atoms with van der Waals surface area (Å²) in [4.78, 5) is 28.2. The van der Waals surface area contributed by atoms with E-state index < -0.39 is 11.8 Å². The predicted octanol–water partition coefficient (Wildman–Crippen LogP) is 3.63. The standard InChI is InChI=1S/C18H18FN3O3.C5H12O/c1-25-18(24)7-12-2-3-15(8-16(12)19)21-17-6-14-10-22(11-23)5-4-13(14)9-20-17;1-5(2,3)6-4/h2-3,6,8-9,11H,4-5,7,10H2,1H3,(H,20,21);1-4H3. The van der Waals surface area contributed by atoms with Crippen LogP contribution in [-0.2, 0) is 38.4 Å². The second kappa shape index (κ2) is 10.9. The second-order valence-electron chi connectivity index (χ2n) is 8.16. The predicted molar refractivity (Wildman–Crippen MR) is 117 cm³/mol. The van der Waals surface area contributed by atoms with Crippen LogP contribution in [0.3, 0.4) is 0 Å². The average Bonchev–Trinajstić information content (AvgIpc) is 2.75. The lowest BCUT2D eigenvalue weighted by Gasteiger charge is -2.25. The Hall–Kier alpha value is -3.00. The molecule has 0 bridgehead atoms. The SMILES string of the molecule is COC(=O)Cc1ccc(Nc2cc3c(cn2)CCN(C=O)C3)cc1F.COC(C)(C)C. The molecule has 1 aromatic heterocycles. The first-order chi connectivity index (χ1) is 14.6. The van der Waals surface area contributed by atoms with E-state index >= 15 is 0 Å². The molecule has 0 atom stereocenters. The summed E-state index contributed by atoms with van der Waals surface area (Å²) in [7, 11) is 2.98. The van der Waals surface area contributed by atoms with Crippen molar-refractivity contribution in [1.82, 2.24) is 9.88 Å². The number of methoxy groups -OCH3 is 2. The molecular weight excluding hydrogens is 401 g/mol. The number of amides is 1. The number of hydrogen-bond donors (Lipinski definition) is 1. The van der Waals surface area contributed by atoms with E-state index in [1.54, 1.807) is 30.3 Å². The zero-order valence-corrected chi connectivity index (χ0v) is 18.7. The number of rotatable bonds is 5. The van der Waals surface area contributed by atoms with E-state index in [1.807, 2.05) is 26.8 Å². The van der Waals surface area contributed by atoms with Crippen molar-refractivity contribution in [2.45, 2.75) is 45.8 Å². The van der Waals surface area contributed by atoms with Crippen LogP contribution in [0.4, 0.5) is 15.9 Å². The molecule has 1 aliphatic rings. The van der Waals surface area contributed by atoms with Gasteiger partial charge in [0.25, 0.3) is 0 Å². The lowest BCUT2D eigenvalue weighted by atomic mass is 10.0. The number of nitrogens with zero attached hydrogens (tertiary/aromatic N) is 2. The minimum absolute atomic E-state index is 0.0417. The van der Waals surface area contributed by atoms with Crippen molar-refractivity contribution in [3.05, 3.63) is 53.0 Å². The number of anilines is 2. The Bertz CT molecular complexity index is 912. The van der Waals surface area contributed by atoms with Gasteiger partial charge in [-0.3, -0.25) is 9.59 Å². The summed E-state index contributed by atoms with van der Waals surface area (Å²) >= 11 is 0. The molecule has 0 saturated carbocycles. The Balaban J connectivity index is 0.000000501. The van der Waals surface area contributed by atoms with E-state index in [2.05, 4.69) is 15.0 Å². The van der Waals surface area contributed by atoms with E-state index in [-0.39, 0.29) is 17.6 Å². The topological polar surface area (TPSA) is 80.8 Å². The van der Waals surface area contributed by atoms with E-state index in [1.165, 1.54) is 13.2 Å². The minimum Gasteiger partial charge on any atom is -0.469 e. The monoisotopic (exact) mass is 431 g/mol. The highest BCUT2D eigenvalue weighted by Crippen LogP contribution is 2.23. The third-order valence-electron chi connectivity index (χ3n) is 4.77. The van der Waals surface area contributed by atoms with Gasteiger partial charge >= 0.3 is 5.97 Å². The highest BCUT2D eigenvalue weighted by atomic mass is 19.1. The zero-order chi connectivity index (χ0) is 23.0. The summed E-state index contributed by atoms with van der Waals surface area (Å²) in [5.74, 6) is -0.400. The van der Waals surface area contributed by atoms with Crippen molar-refractivity contribution in [2.75, 3.05) is 26.1 Å². The van der Waals surface area contributed by atoms with Crippen LogP contribution in [0, 0.1) is 5.82 Å². The molecule has 1 amide bonds. The van der Waals surface area contributed by atoms with Gasteiger partial charge in [0.1, 0.15) is 11.6 Å². The van der Waals surface area contributed by atoms with Gasteiger partial charge in [-0.15, -0.1) is 0 Å². The fourth-order valence-corrected chi connectivity index (χ4v) is 2.76. The maximum Gasteiger partial charge on any atom is 0.310 e. The summed E-state index contributed by atoms with van der Waals surface area (Å²) in [5, 5.41) is 3.05. The summed E-state index contributed by atoms with van der Waals surface area (Å²) in [6.07, 6.45) is 3.28. The molecule has 0 spiro atoms. The number of esters is 1. The molecule has 0 unspecified atom stereocenters. The maximum absolute atomic E-state index is 14.1. The van der Waals surface area contributed by atoms with Crippen LogP contribution >= 0.6 is 0 Å². The number of halogens is 1. The Kier molecular flexibility index (Phi) is 8.50. The fourth-order valence-electron chi connectivity index (χ4n) is 2.76. The Labute approximate surface area is 182 Å². The van der Waals surface area contributed by atoms with Crippen LogP contribution in [-0.4, -0.2) is 48.6 Å². The van der Waals surface area contributed by atoms with Gasteiger partial charge in [0.05, 0.1) is 19.1 Å². The molecule has 0 aliphatic carbocycles. The van der Waals surface area contributed by atoms with Crippen molar-refractivity contribution in [3.63, 3.8) is 0 Å². The number of ether oxygens (including phenoxy) is 2. The normalized spacial score (nSPS) is 12.9. The van der Waals surface area contributed by atoms with Gasteiger partial charge in [-0.1, -0.05) is 6.07 Å². The molecule has 0 saturated heterocycles. The summed E-state index contributed by atoms with van der Waals surface area (Å²) < 4.78 is 23.6. The molecule has 168 valence electrons. The lowest BCUT2D eigenvalue weighted by molar-refractivity contribution is -0.139. The molecule has 2 heterocycles. The highest BCUT2D eigenvalue weighted by Gasteiger charge is 2.16. The van der Waals surface area contributed by atoms with Crippen molar-refractivity contribution < 1.29 is 23.5 Å². The molecule has 3 rings (SSSR count). The van der Waals surface area contributed by atoms with Crippen molar-refractivity contribution in [2.24, 2.45) is 0 Å². The molecule has 2 aromatic rings. The molecule has 1 aromatic carbocycles. The van der Waals surface area contributed by atoms with Gasteiger partial charge in [-0.2, -0.15) is 0 Å². The van der Waals surface area contributed by atoms with Crippen molar-refractivity contribution in [3.8, 4) is 0 Å². The second-order valence-corrected chi connectivity index (χ2v) is 8.16. The summed E-state index contributed by atoms with van der Waals surface area (Å²) in [6, 6.07) is 6.41. The number of carbonyl (C=O) groups excluding carboxylic acids is 2. The molecule has 31 heavy (non-hydrogen) atoms. The number of benzene rings is 1. The number of hydrogen-bond acceptors (Lipinski definition) is 6. The molecule has 1 aliphatic heterocycles. The van der Waals surface area contributed by atoms with E-state index in [0.717, 1.165) is 24.0 Å². The number of fused-ring (bicyclic) bond motifs is 1. The minimum atomic E-state index is -0.490. The Morgan fingerprint density at radius 1 is 1.26 bits per heavy atom. The molecule has 1 N–H and O–H groups in total. The van der Waals surface area contributed by atoms with Crippen LogP contribution in [0.25, 0.3) is 0 Å². The quantitative estimate of drug-likeness (QED) is 0.575. The van der Waals surface area contributed by atoms with Gasteiger partial charge in [-0.25, -0.2) is 9.37 Å². The summed E-state index contributed by atoms with van der Waals surface area (Å²) in [6.45, 7) is 7.30. The molecule has 7 nitrogen and oxygen atoms in total. The fraction of sp³-hybridized carbons (Fsp3) is 0.435. The highest BCUT2D eigenvalue weighted by molar-refractivity contribution is 5.73. The Morgan fingerprint density at radius 2 is 1.97 bits per heavy atom. The van der Waals surface area contributed by atoms with Crippen LogP contribution in [0.1, 0.15) is 37.5 Å². The first-order valence-electron chi connectivity index (χ1n) is 9.99. The number of pyridine rings is 1. The third-order valence-corrected chi connectivity index (χ3v) is 4.77. The van der Waals surface area contributed by atoms with Gasteiger partial charge in [0.15, 0.2) is 0 Å². The third kappa shape index (κ3) is 7.64. The van der Waals surface area contributed by atoms with Gasteiger partial charge in [-0.05, 0) is 62.1 Å². The van der Waals surface area contributed by atoms with Gasteiger partial charge in [0.2, 0.25) is 6.41 Å². The summed E-state index contributed by atoms with van der Waals surface area (Å²) in [5.41, 5.74) is 2.99. The molecule has 8 heteroatoms. The van der Waals surface area contributed by atoms with Crippen molar-refractivity contribution >= 4 is 23.9 Å². The van der Waals surface area contributed by atoms with Crippen LogP contribution in [0.15, 0.2) is 30.5 Å². The van der Waals surface area contributed by atoms with Gasteiger partial charge < -0.3 is 19.7 Å². The first kappa shape index (κ1) is 24.3. The van der Waals surface area contributed by atoms with Crippen LogP contribution in [0.5, 0.6) is 0 Å². The number of aromatic nitrogens is 1. The van der Waals surface area contributed by atoms with E-state index in [0.29, 0.717) is 24.6 Å². The van der Waals surface area contributed by atoms with Crippen LogP contribution in [0.2, 0.25) is 0 Å². The van der Waals surface area contributed by atoms with E-state index in [4.69, 9.17) is 4.74 Å². The average molecular weight is 432 g/mol. The lowest BCUT2D eigenvalue weighted by Crippen LogP contribution is -2.29.